The Morgan fingerprint density at radius 3 is 2.93 bits per heavy atom. The van der Waals surface area contributed by atoms with E-state index in [4.69, 9.17) is 5.26 Å². The van der Waals surface area contributed by atoms with E-state index in [-0.39, 0.29) is 18.4 Å². The minimum absolute atomic E-state index is 0.0113. The van der Waals surface area contributed by atoms with E-state index in [0.29, 0.717) is 43.3 Å². The smallest absolute Gasteiger partial charge is 0.274 e. The Hall–Kier alpha value is -3.51. The van der Waals surface area contributed by atoms with Crippen LogP contribution in [-0.2, 0) is 0 Å². The SMILES string of the molecule is N#Cc1cccc(N2C[C@H]3CN(C(=O)c4cn5cccnc5n4)C[C@@]3(CO)C2)n1. The molecular weight excluding hydrogens is 370 g/mol. The first-order valence-corrected chi connectivity index (χ1v) is 9.44. The molecule has 29 heavy (non-hydrogen) atoms. The van der Waals surface area contributed by atoms with Crippen LogP contribution >= 0.6 is 0 Å². The van der Waals surface area contributed by atoms with Crippen LogP contribution in [0.15, 0.2) is 42.9 Å². The van der Waals surface area contributed by atoms with Crippen LogP contribution in [0, 0.1) is 22.7 Å². The van der Waals surface area contributed by atoms with Gasteiger partial charge in [-0.25, -0.2) is 15.0 Å². The van der Waals surface area contributed by atoms with Crippen molar-refractivity contribution in [3.8, 4) is 6.07 Å². The number of aliphatic hydroxyl groups is 1. The van der Waals surface area contributed by atoms with Crippen molar-refractivity contribution in [2.45, 2.75) is 0 Å². The first kappa shape index (κ1) is 17.6. The van der Waals surface area contributed by atoms with E-state index >= 15 is 0 Å². The number of anilines is 1. The third kappa shape index (κ3) is 2.80. The zero-order valence-electron chi connectivity index (χ0n) is 15.6. The highest BCUT2D eigenvalue weighted by atomic mass is 16.3. The molecule has 1 amide bonds. The second kappa shape index (κ2) is 6.53. The number of pyridine rings is 1. The Bertz CT molecular complexity index is 1100. The lowest BCUT2D eigenvalue weighted by Crippen LogP contribution is -2.39. The van der Waals surface area contributed by atoms with Crippen LogP contribution in [0.3, 0.4) is 0 Å². The molecule has 0 spiro atoms. The first-order valence-electron chi connectivity index (χ1n) is 9.44. The second-order valence-electron chi connectivity index (χ2n) is 7.73. The number of nitrogens with zero attached hydrogens (tertiary/aromatic N) is 7. The van der Waals surface area contributed by atoms with Gasteiger partial charge in [0.15, 0.2) is 0 Å². The number of fused-ring (bicyclic) bond motifs is 2. The average Bonchev–Trinajstić information content (AvgIpc) is 3.43. The number of rotatable bonds is 3. The zero-order chi connectivity index (χ0) is 20.0. The van der Waals surface area contributed by atoms with E-state index in [1.54, 1.807) is 40.0 Å². The number of hydrogen-bond acceptors (Lipinski definition) is 7. The van der Waals surface area contributed by atoms with Gasteiger partial charge in [0.25, 0.3) is 5.91 Å². The van der Waals surface area contributed by atoms with Gasteiger partial charge in [-0.05, 0) is 18.2 Å². The van der Waals surface area contributed by atoms with Gasteiger partial charge in [0.1, 0.15) is 23.3 Å². The van der Waals surface area contributed by atoms with Crippen molar-refractivity contribution in [3.05, 3.63) is 54.2 Å². The Labute approximate surface area is 166 Å². The van der Waals surface area contributed by atoms with Crippen molar-refractivity contribution >= 4 is 17.5 Å². The third-order valence-corrected chi connectivity index (χ3v) is 5.99. The quantitative estimate of drug-likeness (QED) is 0.697. The molecule has 3 aromatic rings. The number of carbonyl (C=O) groups excluding carboxylic acids is 1. The van der Waals surface area contributed by atoms with Crippen LogP contribution in [0.2, 0.25) is 0 Å². The largest absolute Gasteiger partial charge is 0.396 e. The summed E-state index contributed by atoms with van der Waals surface area (Å²) in [4.78, 5) is 29.8. The molecule has 146 valence electrons. The monoisotopic (exact) mass is 389 g/mol. The Morgan fingerprint density at radius 2 is 2.17 bits per heavy atom. The summed E-state index contributed by atoms with van der Waals surface area (Å²) in [5, 5.41) is 19.3. The van der Waals surface area contributed by atoms with E-state index in [2.05, 4.69) is 25.9 Å². The van der Waals surface area contributed by atoms with Gasteiger partial charge in [-0.3, -0.25) is 9.20 Å². The number of carbonyl (C=O) groups is 1. The zero-order valence-corrected chi connectivity index (χ0v) is 15.6. The number of nitriles is 1. The Balaban J connectivity index is 1.36. The number of hydrogen-bond donors (Lipinski definition) is 1. The lowest BCUT2D eigenvalue weighted by Gasteiger charge is -2.27. The van der Waals surface area contributed by atoms with Gasteiger partial charge in [0, 0.05) is 56.1 Å². The van der Waals surface area contributed by atoms with Gasteiger partial charge in [0.2, 0.25) is 5.78 Å². The molecule has 3 aromatic heterocycles. The average molecular weight is 389 g/mol. The van der Waals surface area contributed by atoms with E-state index in [1.165, 1.54) is 0 Å². The molecule has 0 bridgehead atoms. The van der Waals surface area contributed by atoms with Crippen LogP contribution in [0.25, 0.3) is 5.78 Å². The van der Waals surface area contributed by atoms with Gasteiger partial charge in [0.05, 0.1) is 6.61 Å². The van der Waals surface area contributed by atoms with Gasteiger partial charge >= 0.3 is 0 Å². The molecule has 2 aliphatic heterocycles. The molecule has 1 N–H and O–H groups in total. The van der Waals surface area contributed by atoms with E-state index < -0.39 is 5.41 Å². The predicted molar refractivity (Wildman–Crippen MR) is 103 cm³/mol. The minimum atomic E-state index is -0.405. The summed E-state index contributed by atoms with van der Waals surface area (Å²) in [6, 6.07) is 9.21. The first-order chi connectivity index (χ1) is 14.1. The van der Waals surface area contributed by atoms with Crippen LogP contribution in [0.4, 0.5) is 5.82 Å². The molecule has 0 radical (unpaired) electrons. The summed E-state index contributed by atoms with van der Waals surface area (Å²) in [6.07, 6.45) is 5.13. The minimum Gasteiger partial charge on any atom is -0.396 e. The van der Waals surface area contributed by atoms with Crippen molar-refractivity contribution in [2.24, 2.45) is 11.3 Å². The standard InChI is InChI=1S/C20H19N7O2/c21-7-15-3-1-4-17(23-15)26-8-14-9-27(12-20(14,11-26)13-28)18(29)16-10-25-6-2-5-22-19(25)24-16/h1-6,10,14,28H,8-9,11-13H2/t14-,20+/m0/s1. The number of aromatic nitrogens is 4. The fourth-order valence-corrected chi connectivity index (χ4v) is 4.49. The molecule has 2 fully saturated rings. The molecule has 5 rings (SSSR count). The number of likely N-dealkylation sites (tertiary alicyclic amines) is 1. The maximum atomic E-state index is 13.0. The molecule has 9 nitrogen and oxygen atoms in total. The molecule has 5 heterocycles. The van der Waals surface area contributed by atoms with E-state index in [1.807, 2.05) is 12.1 Å². The molecule has 9 heteroatoms. The van der Waals surface area contributed by atoms with Crippen LogP contribution in [-0.4, -0.2) is 68.1 Å². The number of amides is 1. The van der Waals surface area contributed by atoms with Crippen LogP contribution in [0.5, 0.6) is 0 Å². The molecule has 0 aliphatic carbocycles. The number of imidazole rings is 1. The highest BCUT2D eigenvalue weighted by Gasteiger charge is 2.53. The molecule has 2 saturated heterocycles. The van der Waals surface area contributed by atoms with Crippen molar-refractivity contribution in [3.63, 3.8) is 0 Å². The summed E-state index contributed by atoms with van der Waals surface area (Å²) in [5.41, 5.74) is 0.323. The Kier molecular flexibility index (Phi) is 3.96. The molecule has 2 aliphatic rings. The van der Waals surface area contributed by atoms with Crippen molar-refractivity contribution < 1.29 is 9.90 Å². The van der Waals surface area contributed by atoms with Gasteiger partial charge in [-0.1, -0.05) is 6.07 Å². The predicted octanol–water partition coefficient (Wildman–Crippen LogP) is 0.567. The summed E-state index contributed by atoms with van der Waals surface area (Å²) < 4.78 is 1.72. The van der Waals surface area contributed by atoms with Crippen LogP contribution in [0.1, 0.15) is 16.2 Å². The normalized spacial score (nSPS) is 23.4. The summed E-state index contributed by atoms with van der Waals surface area (Å²) in [5.74, 6) is 1.20. The molecule has 0 aromatic carbocycles. The topological polar surface area (TPSA) is 111 Å². The highest BCUT2D eigenvalue weighted by molar-refractivity contribution is 5.93. The van der Waals surface area contributed by atoms with Crippen molar-refractivity contribution in [2.75, 3.05) is 37.7 Å². The summed E-state index contributed by atoms with van der Waals surface area (Å²) in [6.45, 7) is 2.27. The fraction of sp³-hybridized carbons (Fsp3) is 0.350. The van der Waals surface area contributed by atoms with Gasteiger partial charge < -0.3 is 14.9 Å². The highest BCUT2D eigenvalue weighted by Crippen LogP contribution is 2.43. The number of aliphatic hydroxyl groups excluding tert-OH is 1. The lowest BCUT2D eigenvalue weighted by molar-refractivity contribution is 0.0743. The lowest BCUT2D eigenvalue weighted by atomic mass is 9.82. The molecule has 2 atom stereocenters. The van der Waals surface area contributed by atoms with Gasteiger partial charge in [-0.15, -0.1) is 0 Å². The van der Waals surface area contributed by atoms with E-state index in [9.17, 15) is 9.90 Å². The van der Waals surface area contributed by atoms with Crippen LogP contribution < -0.4 is 4.90 Å². The second-order valence-corrected chi connectivity index (χ2v) is 7.73. The van der Waals surface area contributed by atoms with Crippen molar-refractivity contribution in [1.82, 2.24) is 24.3 Å². The molecular formula is C20H19N7O2. The molecule has 0 unspecified atom stereocenters. The Morgan fingerprint density at radius 1 is 1.28 bits per heavy atom. The van der Waals surface area contributed by atoms with Gasteiger partial charge in [-0.2, -0.15) is 5.26 Å². The van der Waals surface area contributed by atoms with Crippen molar-refractivity contribution in [1.29, 1.82) is 5.26 Å². The molecule has 0 saturated carbocycles. The summed E-state index contributed by atoms with van der Waals surface area (Å²) in [7, 11) is 0. The third-order valence-electron chi connectivity index (χ3n) is 5.99. The maximum Gasteiger partial charge on any atom is 0.274 e. The van der Waals surface area contributed by atoms with E-state index in [0.717, 1.165) is 5.82 Å². The fourth-order valence-electron chi connectivity index (χ4n) is 4.49. The summed E-state index contributed by atoms with van der Waals surface area (Å²) >= 11 is 0. The maximum absolute atomic E-state index is 13.0.